The van der Waals surface area contributed by atoms with Crippen LogP contribution in [0.25, 0.3) is 0 Å². The van der Waals surface area contributed by atoms with Crippen LogP contribution in [-0.4, -0.2) is 49.8 Å². The fourth-order valence-corrected chi connectivity index (χ4v) is 2.85. The van der Waals surface area contributed by atoms with E-state index in [4.69, 9.17) is 0 Å². The van der Waals surface area contributed by atoms with Gasteiger partial charge in [0.05, 0.1) is 12.1 Å². The molecule has 2 aliphatic heterocycles. The lowest BCUT2D eigenvalue weighted by molar-refractivity contribution is -0.117. The SMILES string of the molecule is O=C(NC1CC(=O)N(c2ccccc2)C1)N[C@H]1CNC[C@H]1F. The highest BCUT2D eigenvalue weighted by Crippen LogP contribution is 2.20. The van der Waals surface area contributed by atoms with Crippen molar-refractivity contribution in [1.29, 1.82) is 0 Å². The van der Waals surface area contributed by atoms with Crippen molar-refractivity contribution in [1.82, 2.24) is 16.0 Å². The molecule has 1 aromatic carbocycles. The van der Waals surface area contributed by atoms with Crippen molar-refractivity contribution in [3.05, 3.63) is 30.3 Å². The zero-order valence-electron chi connectivity index (χ0n) is 12.1. The van der Waals surface area contributed by atoms with Gasteiger partial charge < -0.3 is 20.9 Å². The summed E-state index contributed by atoms with van der Waals surface area (Å²) in [4.78, 5) is 25.6. The van der Waals surface area contributed by atoms with Crippen molar-refractivity contribution < 1.29 is 14.0 Å². The van der Waals surface area contributed by atoms with Crippen LogP contribution in [0.5, 0.6) is 0 Å². The molecule has 0 aliphatic carbocycles. The molecular weight excluding hydrogens is 287 g/mol. The number of urea groups is 1. The van der Waals surface area contributed by atoms with Gasteiger partial charge >= 0.3 is 6.03 Å². The lowest BCUT2D eigenvalue weighted by Gasteiger charge is -2.19. The van der Waals surface area contributed by atoms with E-state index < -0.39 is 18.2 Å². The summed E-state index contributed by atoms with van der Waals surface area (Å²) < 4.78 is 13.4. The highest BCUT2D eigenvalue weighted by molar-refractivity contribution is 5.96. The Kier molecular flexibility index (Phi) is 4.24. The van der Waals surface area contributed by atoms with E-state index >= 15 is 0 Å². The maximum atomic E-state index is 13.4. The molecule has 3 atom stereocenters. The molecule has 3 N–H and O–H groups in total. The maximum absolute atomic E-state index is 13.4. The smallest absolute Gasteiger partial charge is 0.315 e. The van der Waals surface area contributed by atoms with E-state index in [0.29, 0.717) is 13.1 Å². The zero-order chi connectivity index (χ0) is 15.5. The van der Waals surface area contributed by atoms with E-state index in [0.717, 1.165) is 5.69 Å². The molecule has 2 aliphatic rings. The second-order valence-corrected chi connectivity index (χ2v) is 5.64. The average molecular weight is 306 g/mol. The molecule has 0 spiro atoms. The van der Waals surface area contributed by atoms with Gasteiger partial charge in [0.2, 0.25) is 5.91 Å². The molecule has 1 unspecified atom stereocenters. The highest BCUT2D eigenvalue weighted by Gasteiger charge is 2.33. The topological polar surface area (TPSA) is 73.5 Å². The Morgan fingerprint density at radius 2 is 2.00 bits per heavy atom. The first kappa shape index (κ1) is 14.8. The van der Waals surface area contributed by atoms with Gasteiger partial charge in [-0.15, -0.1) is 0 Å². The van der Waals surface area contributed by atoms with Crippen LogP contribution >= 0.6 is 0 Å². The summed E-state index contributed by atoms with van der Waals surface area (Å²) >= 11 is 0. The number of anilines is 1. The predicted octanol–water partition coefficient (Wildman–Crippen LogP) is 0.401. The molecule has 7 heteroatoms. The van der Waals surface area contributed by atoms with Gasteiger partial charge in [-0.05, 0) is 12.1 Å². The number of nitrogens with one attached hydrogen (secondary N) is 3. The van der Waals surface area contributed by atoms with E-state index in [1.165, 1.54) is 0 Å². The summed E-state index contributed by atoms with van der Waals surface area (Å²) in [5, 5.41) is 8.23. The number of carbonyl (C=O) groups excluding carboxylic acids is 2. The molecule has 3 rings (SSSR count). The van der Waals surface area contributed by atoms with Crippen LogP contribution in [0, 0.1) is 0 Å². The molecule has 2 fully saturated rings. The van der Waals surface area contributed by atoms with Crippen LogP contribution in [0.1, 0.15) is 6.42 Å². The van der Waals surface area contributed by atoms with Gasteiger partial charge in [-0.3, -0.25) is 4.79 Å². The van der Waals surface area contributed by atoms with Gasteiger partial charge in [-0.2, -0.15) is 0 Å². The summed E-state index contributed by atoms with van der Waals surface area (Å²) in [5.74, 6) is -0.0256. The quantitative estimate of drug-likeness (QED) is 0.757. The Labute approximate surface area is 128 Å². The van der Waals surface area contributed by atoms with Gasteiger partial charge in [0.1, 0.15) is 6.17 Å². The van der Waals surface area contributed by atoms with E-state index in [9.17, 15) is 14.0 Å². The number of hydrogen-bond donors (Lipinski definition) is 3. The van der Waals surface area contributed by atoms with E-state index in [-0.39, 0.29) is 24.9 Å². The highest BCUT2D eigenvalue weighted by atomic mass is 19.1. The van der Waals surface area contributed by atoms with Crippen LogP contribution in [-0.2, 0) is 4.79 Å². The molecule has 22 heavy (non-hydrogen) atoms. The predicted molar refractivity (Wildman–Crippen MR) is 80.4 cm³/mol. The number of amides is 3. The monoisotopic (exact) mass is 306 g/mol. The van der Waals surface area contributed by atoms with Gasteiger partial charge in [0.25, 0.3) is 0 Å². The number of alkyl halides is 1. The number of rotatable bonds is 3. The van der Waals surface area contributed by atoms with E-state index in [2.05, 4.69) is 16.0 Å². The second kappa shape index (κ2) is 6.31. The van der Waals surface area contributed by atoms with E-state index in [1.54, 1.807) is 4.90 Å². The van der Waals surface area contributed by atoms with Crippen molar-refractivity contribution in [2.24, 2.45) is 0 Å². The number of carbonyl (C=O) groups is 2. The lowest BCUT2D eigenvalue weighted by atomic mass is 10.2. The third kappa shape index (κ3) is 3.19. The van der Waals surface area contributed by atoms with Crippen molar-refractivity contribution >= 4 is 17.6 Å². The number of halogens is 1. The van der Waals surface area contributed by atoms with Crippen molar-refractivity contribution in [2.45, 2.75) is 24.7 Å². The van der Waals surface area contributed by atoms with Crippen molar-refractivity contribution in [3.63, 3.8) is 0 Å². The first-order valence-corrected chi connectivity index (χ1v) is 7.40. The third-order valence-electron chi connectivity index (χ3n) is 3.98. The minimum atomic E-state index is -1.07. The molecule has 3 amide bonds. The number of hydrogen-bond acceptors (Lipinski definition) is 3. The first-order chi connectivity index (χ1) is 10.6. The third-order valence-corrected chi connectivity index (χ3v) is 3.98. The molecule has 2 heterocycles. The summed E-state index contributed by atoms with van der Waals surface area (Å²) in [6, 6.07) is 8.13. The summed E-state index contributed by atoms with van der Waals surface area (Å²) in [7, 11) is 0. The van der Waals surface area contributed by atoms with Crippen LogP contribution in [0.2, 0.25) is 0 Å². The van der Waals surface area contributed by atoms with Crippen LogP contribution < -0.4 is 20.9 Å². The Hall–Kier alpha value is -2.15. The lowest BCUT2D eigenvalue weighted by Crippen LogP contribution is -2.49. The fraction of sp³-hybridized carbons (Fsp3) is 0.467. The summed E-state index contributed by atoms with van der Waals surface area (Å²) in [5.41, 5.74) is 0.820. The van der Waals surface area contributed by atoms with Crippen LogP contribution in [0.4, 0.5) is 14.9 Å². The van der Waals surface area contributed by atoms with Gasteiger partial charge in [-0.25, -0.2) is 9.18 Å². The first-order valence-electron chi connectivity index (χ1n) is 7.40. The molecule has 0 radical (unpaired) electrons. The van der Waals surface area contributed by atoms with E-state index in [1.807, 2.05) is 30.3 Å². The molecule has 0 saturated carbocycles. The second-order valence-electron chi connectivity index (χ2n) is 5.64. The van der Waals surface area contributed by atoms with Crippen LogP contribution in [0.3, 0.4) is 0 Å². The minimum Gasteiger partial charge on any atom is -0.333 e. The Bertz CT molecular complexity index is 554. The standard InChI is InChI=1S/C15H19FN4O2/c16-12-7-17-8-13(12)19-15(22)18-10-6-14(21)20(9-10)11-4-2-1-3-5-11/h1-5,10,12-13,17H,6-9H2,(H2,18,19,22)/t10?,12-,13+/m1/s1. The van der Waals surface area contributed by atoms with Crippen molar-refractivity contribution in [3.8, 4) is 0 Å². The number of para-hydroxylation sites is 1. The fourth-order valence-electron chi connectivity index (χ4n) is 2.85. The normalized spacial score (nSPS) is 28.0. The van der Waals surface area contributed by atoms with Gasteiger partial charge in [0, 0.05) is 31.7 Å². The van der Waals surface area contributed by atoms with Crippen LogP contribution in [0.15, 0.2) is 30.3 Å². The Balaban J connectivity index is 1.54. The van der Waals surface area contributed by atoms with Gasteiger partial charge in [0.15, 0.2) is 0 Å². The molecule has 6 nitrogen and oxygen atoms in total. The molecule has 0 bridgehead atoms. The number of benzene rings is 1. The summed E-state index contributed by atoms with van der Waals surface area (Å²) in [6.45, 7) is 1.11. The minimum absolute atomic E-state index is 0.0256. The molecule has 2 saturated heterocycles. The average Bonchev–Trinajstić information content (AvgIpc) is 3.06. The van der Waals surface area contributed by atoms with Gasteiger partial charge in [-0.1, -0.05) is 18.2 Å². The Morgan fingerprint density at radius 3 is 2.68 bits per heavy atom. The maximum Gasteiger partial charge on any atom is 0.315 e. The molecule has 118 valence electrons. The molecule has 1 aromatic rings. The number of nitrogens with zero attached hydrogens (tertiary/aromatic N) is 1. The van der Waals surface area contributed by atoms with Crippen molar-refractivity contribution in [2.75, 3.05) is 24.5 Å². The molecular formula is C15H19FN4O2. The summed E-state index contributed by atoms with van der Waals surface area (Å²) in [6.07, 6.45) is -0.818. The molecule has 0 aromatic heterocycles. The Morgan fingerprint density at radius 1 is 1.23 bits per heavy atom. The zero-order valence-corrected chi connectivity index (χ0v) is 12.1. The largest absolute Gasteiger partial charge is 0.333 e.